The maximum Gasteiger partial charge on any atom is 0.225 e. The second kappa shape index (κ2) is 7.04. The summed E-state index contributed by atoms with van der Waals surface area (Å²) >= 11 is 0. The Labute approximate surface area is 91.1 Å². The molecule has 4 heteroatoms. The van der Waals surface area contributed by atoms with Crippen LogP contribution in [0.2, 0.25) is 0 Å². The molecule has 0 saturated heterocycles. The van der Waals surface area contributed by atoms with E-state index in [1.54, 1.807) is 12.3 Å². The minimum Gasteiger partial charge on any atom is -0.478 e. The molecule has 0 fully saturated rings. The lowest BCUT2D eigenvalue weighted by Crippen LogP contribution is -2.06. The number of aromatic nitrogens is 2. The Morgan fingerprint density at radius 2 is 2.20 bits per heavy atom. The van der Waals surface area contributed by atoms with E-state index in [1.165, 1.54) is 12.8 Å². The van der Waals surface area contributed by atoms with Gasteiger partial charge in [-0.15, -0.1) is 0 Å². The molecule has 15 heavy (non-hydrogen) atoms. The topological polar surface area (TPSA) is 47.0 Å². The predicted molar refractivity (Wildman–Crippen MR) is 61.2 cm³/mol. The van der Waals surface area contributed by atoms with Crippen molar-refractivity contribution in [2.24, 2.45) is 0 Å². The van der Waals surface area contributed by atoms with Gasteiger partial charge < -0.3 is 10.1 Å². The zero-order chi connectivity index (χ0) is 10.9. The highest BCUT2D eigenvalue weighted by molar-refractivity contribution is 5.27. The van der Waals surface area contributed by atoms with Gasteiger partial charge in [0, 0.05) is 18.8 Å². The smallest absolute Gasteiger partial charge is 0.225 e. The van der Waals surface area contributed by atoms with Crippen LogP contribution >= 0.6 is 0 Å². The van der Waals surface area contributed by atoms with Crippen molar-refractivity contribution in [3.8, 4) is 5.88 Å². The molecule has 1 N–H and O–H groups in total. The minimum atomic E-state index is 0.630. The Bertz CT molecular complexity index is 278. The first kappa shape index (κ1) is 11.8. The largest absolute Gasteiger partial charge is 0.478 e. The van der Waals surface area contributed by atoms with E-state index in [1.807, 2.05) is 6.92 Å². The molecule has 1 heterocycles. The van der Waals surface area contributed by atoms with Gasteiger partial charge in [0.1, 0.15) is 0 Å². The van der Waals surface area contributed by atoms with Crippen LogP contribution in [0.1, 0.15) is 33.1 Å². The quantitative estimate of drug-likeness (QED) is 0.701. The van der Waals surface area contributed by atoms with Crippen molar-refractivity contribution in [1.29, 1.82) is 0 Å². The average Bonchev–Trinajstić information content (AvgIpc) is 2.26. The summed E-state index contributed by atoms with van der Waals surface area (Å²) in [4.78, 5) is 8.33. The van der Waals surface area contributed by atoms with Gasteiger partial charge in [0.25, 0.3) is 0 Å². The molecule has 0 saturated carbocycles. The zero-order valence-corrected chi connectivity index (χ0v) is 9.49. The van der Waals surface area contributed by atoms with Crippen molar-refractivity contribution in [2.45, 2.75) is 33.1 Å². The molecule has 0 spiro atoms. The number of unbranched alkanes of at least 4 members (excludes halogenated alkanes) is 2. The Morgan fingerprint density at radius 3 is 2.93 bits per heavy atom. The molecule has 0 atom stereocenters. The number of hydrogen-bond acceptors (Lipinski definition) is 4. The first-order valence-corrected chi connectivity index (χ1v) is 5.56. The maximum absolute atomic E-state index is 5.28. The van der Waals surface area contributed by atoms with E-state index in [0.29, 0.717) is 18.4 Å². The van der Waals surface area contributed by atoms with Gasteiger partial charge in [-0.1, -0.05) is 19.8 Å². The molecule has 1 aromatic heterocycles. The molecule has 0 aliphatic rings. The van der Waals surface area contributed by atoms with Crippen LogP contribution in [0.25, 0.3) is 0 Å². The van der Waals surface area contributed by atoms with Crippen LogP contribution in [0.5, 0.6) is 5.88 Å². The summed E-state index contributed by atoms with van der Waals surface area (Å²) in [6.07, 6.45) is 5.32. The van der Waals surface area contributed by atoms with Gasteiger partial charge in [0.15, 0.2) is 0 Å². The van der Waals surface area contributed by atoms with Gasteiger partial charge in [0.05, 0.1) is 6.61 Å². The summed E-state index contributed by atoms with van der Waals surface area (Å²) in [6.45, 7) is 5.68. The monoisotopic (exact) mass is 209 g/mol. The second-order valence-electron chi connectivity index (χ2n) is 3.29. The summed E-state index contributed by atoms with van der Waals surface area (Å²) in [6, 6.07) is 1.76. The van der Waals surface area contributed by atoms with Gasteiger partial charge in [0.2, 0.25) is 11.8 Å². The standard InChI is InChI=1S/C11H19N3O/c1-3-5-6-8-12-11-13-9-7-10(14-11)15-4-2/h7,9H,3-6,8H2,1-2H3,(H,12,13,14). The highest BCUT2D eigenvalue weighted by Gasteiger charge is 1.97. The highest BCUT2D eigenvalue weighted by atomic mass is 16.5. The second-order valence-corrected chi connectivity index (χ2v) is 3.29. The fraction of sp³-hybridized carbons (Fsp3) is 0.636. The first-order chi connectivity index (χ1) is 7.36. The molecule has 1 aromatic rings. The van der Waals surface area contributed by atoms with E-state index < -0.39 is 0 Å². The number of anilines is 1. The SMILES string of the molecule is CCCCCNc1nccc(OCC)n1. The van der Waals surface area contributed by atoms with Gasteiger partial charge >= 0.3 is 0 Å². The summed E-state index contributed by atoms with van der Waals surface area (Å²) in [5.41, 5.74) is 0. The molecule has 1 rings (SSSR count). The average molecular weight is 209 g/mol. The summed E-state index contributed by atoms with van der Waals surface area (Å²) in [7, 11) is 0. The summed E-state index contributed by atoms with van der Waals surface area (Å²) < 4.78 is 5.28. The van der Waals surface area contributed by atoms with E-state index in [2.05, 4.69) is 22.2 Å². The predicted octanol–water partition coefficient (Wildman–Crippen LogP) is 2.48. The molecule has 0 aromatic carbocycles. The third-order valence-electron chi connectivity index (χ3n) is 1.99. The molecule has 84 valence electrons. The van der Waals surface area contributed by atoms with Crippen molar-refractivity contribution in [3.05, 3.63) is 12.3 Å². The lowest BCUT2D eigenvalue weighted by Gasteiger charge is -2.05. The van der Waals surface area contributed by atoms with Crippen LogP contribution in [-0.2, 0) is 0 Å². The number of hydrogen-bond donors (Lipinski definition) is 1. The van der Waals surface area contributed by atoms with Crippen LogP contribution in [0.3, 0.4) is 0 Å². The van der Waals surface area contributed by atoms with E-state index in [9.17, 15) is 0 Å². The van der Waals surface area contributed by atoms with Gasteiger partial charge in [-0.3, -0.25) is 0 Å². The van der Waals surface area contributed by atoms with Gasteiger partial charge in [-0.2, -0.15) is 4.98 Å². The van der Waals surface area contributed by atoms with Crippen molar-refractivity contribution in [3.63, 3.8) is 0 Å². The zero-order valence-electron chi connectivity index (χ0n) is 9.49. The van der Waals surface area contributed by atoms with E-state index in [4.69, 9.17) is 4.74 Å². The Morgan fingerprint density at radius 1 is 1.33 bits per heavy atom. The number of nitrogens with one attached hydrogen (secondary N) is 1. The lowest BCUT2D eigenvalue weighted by molar-refractivity contribution is 0.326. The van der Waals surface area contributed by atoms with Crippen LogP contribution in [0, 0.1) is 0 Å². The fourth-order valence-electron chi connectivity index (χ4n) is 1.23. The van der Waals surface area contributed by atoms with Crippen LogP contribution in [0.15, 0.2) is 12.3 Å². The van der Waals surface area contributed by atoms with Crippen molar-refractivity contribution < 1.29 is 4.74 Å². The van der Waals surface area contributed by atoms with E-state index >= 15 is 0 Å². The van der Waals surface area contributed by atoms with Crippen molar-refractivity contribution in [2.75, 3.05) is 18.5 Å². The fourth-order valence-corrected chi connectivity index (χ4v) is 1.23. The van der Waals surface area contributed by atoms with Crippen LogP contribution < -0.4 is 10.1 Å². The Balaban J connectivity index is 2.36. The highest BCUT2D eigenvalue weighted by Crippen LogP contribution is 2.08. The third kappa shape index (κ3) is 4.63. The molecule has 0 aliphatic heterocycles. The van der Waals surface area contributed by atoms with Crippen molar-refractivity contribution >= 4 is 5.95 Å². The Hall–Kier alpha value is -1.32. The normalized spacial score (nSPS) is 10.0. The molecular formula is C11H19N3O. The van der Waals surface area contributed by atoms with Gasteiger partial charge in [-0.25, -0.2) is 4.98 Å². The maximum atomic E-state index is 5.28. The Kier molecular flexibility index (Phi) is 5.51. The minimum absolute atomic E-state index is 0.630. The molecular weight excluding hydrogens is 190 g/mol. The molecule has 0 aliphatic carbocycles. The molecule has 0 unspecified atom stereocenters. The third-order valence-corrected chi connectivity index (χ3v) is 1.99. The number of ether oxygens (including phenoxy) is 1. The van der Waals surface area contributed by atoms with Crippen LogP contribution in [-0.4, -0.2) is 23.1 Å². The van der Waals surface area contributed by atoms with Crippen LogP contribution in [0.4, 0.5) is 5.95 Å². The van der Waals surface area contributed by atoms with Gasteiger partial charge in [-0.05, 0) is 13.3 Å². The first-order valence-electron chi connectivity index (χ1n) is 5.56. The molecule has 0 radical (unpaired) electrons. The number of rotatable bonds is 7. The molecule has 0 bridgehead atoms. The molecule has 4 nitrogen and oxygen atoms in total. The molecule has 0 amide bonds. The number of nitrogens with zero attached hydrogens (tertiary/aromatic N) is 2. The summed E-state index contributed by atoms with van der Waals surface area (Å²) in [5.74, 6) is 1.28. The summed E-state index contributed by atoms with van der Waals surface area (Å²) in [5, 5.41) is 3.18. The van der Waals surface area contributed by atoms with Crippen molar-refractivity contribution in [1.82, 2.24) is 9.97 Å². The lowest BCUT2D eigenvalue weighted by atomic mass is 10.2. The van der Waals surface area contributed by atoms with E-state index in [-0.39, 0.29) is 0 Å². The van der Waals surface area contributed by atoms with E-state index in [0.717, 1.165) is 13.0 Å².